The minimum atomic E-state index is -0.232. The van der Waals surface area contributed by atoms with Crippen LogP contribution in [0, 0.1) is 0 Å². The van der Waals surface area contributed by atoms with Crippen molar-refractivity contribution in [2.24, 2.45) is 0 Å². The van der Waals surface area contributed by atoms with Crippen LogP contribution in [0.5, 0.6) is 23.0 Å². The van der Waals surface area contributed by atoms with Crippen LogP contribution in [0.4, 0.5) is 0 Å². The molecule has 206 valence electrons. The van der Waals surface area contributed by atoms with Gasteiger partial charge in [0.05, 0.1) is 0 Å². The largest absolute Gasteiger partial charge is 0.504 e. The summed E-state index contributed by atoms with van der Waals surface area (Å²) in [6.07, 6.45) is 6.29. The second kappa shape index (κ2) is 19.5. The van der Waals surface area contributed by atoms with Gasteiger partial charge in [0.25, 0.3) is 0 Å². The molecular weight excluding hydrogens is 474 g/mol. The van der Waals surface area contributed by atoms with E-state index in [1.165, 1.54) is 30.3 Å². The Labute approximate surface area is 220 Å². The van der Waals surface area contributed by atoms with Gasteiger partial charge in [-0.15, -0.1) is 0 Å². The first kappa shape index (κ1) is 33.3. The SMILES string of the molecule is C.CC.O=C(/C=C/c1ccc(O)c(O)c1)NCCCCNCCCNC(=O)CCc1ccc(O)c(O)c1. The topological polar surface area (TPSA) is 151 Å². The number of rotatable bonds is 14. The van der Waals surface area contributed by atoms with Crippen molar-refractivity contribution in [2.45, 2.75) is 53.4 Å². The predicted octanol–water partition coefficient (Wildman–Crippen LogP) is 3.81. The van der Waals surface area contributed by atoms with E-state index in [-0.39, 0.29) is 42.2 Å². The van der Waals surface area contributed by atoms with Crippen molar-refractivity contribution in [1.29, 1.82) is 0 Å². The highest BCUT2D eigenvalue weighted by Crippen LogP contribution is 2.26. The predicted molar refractivity (Wildman–Crippen MR) is 148 cm³/mol. The highest BCUT2D eigenvalue weighted by molar-refractivity contribution is 5.91. The second-order valence-electron chi connectivity index (χ2n) is 7.86. The molecule has 0 unspecified atom stereocenters. The number of benzene rings is 2. The zero-order valence-corrected chi connectivity index (χ0v) is 21.1. The van der Waals surface area contributed by atoms with Crippen LogP contribution in [0.3, 0.4) is 0 Å². The number of hydrogen-bond acceptors (Lipinski definition) is 7. The molecular formula is C28H43N3O6. The van der Waals surface area contributed by atoms with Crippen molar-refractivity contribution in [2.75, 3.05) is 26.2 Å². The van der Waals surface area contributed by atoms with Crippen molar-refractivity contribution in [3.63, 3.8) is 0 Å². The van der Waals surface area contributed by atoms with E-state index in [1.54, 1.807) is 18.2 Å². The molecule has 9 nitrogen and oxygen atoms in total. The summed E-state index contributed by atoms with van der Waals surface area (Å²) in [6, 6.07) is 8.88. The van der Waals surface area contributed by atoms with E-state index in [0.29, 0.717) is 31.5 Å². The van der Waals surface area contributed by atoms with E-state index < -0.39 is 0 Å². The molecule has 0 aliphatic carbocycles. The Hall–Kier alpha value is -3.72. The molecule has 0 saturated carbocycles. The normalized spacial score (nSPS) is 10.2. The van der Waals surface area contributed by atoms with Gasteiger partial charge in [-0.3, -0.25) is 9.59 Å². The number of amides is 2. The average molecular weight is 518 g/mol. The number of carbonyl (C=O) groups is 2. The van der Waals surface area contributed by atoms with E-state index in [0.717, 1.165) is 37.9 Å². The van der Waals surface area contributed by atoms with E-state index in [9.17, 15) is 30.0 Å². The van der Waals surface area contributed by atoms with E-state index in [2.05, 4.69) is 16.0 Å². The standard InChI is InChI=1S/C25H33N3O6.C2H6.CH4/c29-20-8-4-18(16-22(20)31)6-10-24(33)27-14-2-1-12-26-13-3-15-28-25(34)11-7-19-5-9-21(30)23(32)17-19;1-2;/h4-6,8-10,16-17,26,29-32H,1-3,7,11-15H2,(H,27,33)(H,28,34);1-2H3;1H4/b10-6+;;. The number of unbranched alkanes of at least 4 members (excludes halogenated alkanes) is 1. The molecule has 0 aliphatic rings. The van der Waals surface area contributed by atoms with Crippen molar-refractivity contribution < 1.29 is 30.0 Å². The minimum Gasteiger partial charge on any atom is -0.504 e. The lowest BCUT2D eigenvalue weighted by molar-refractivity contribution is -0.121. The van der Waals surface area contributed by atoms with Crippen molar-refractivity contribution in [3.8, 4) is 23.0 Å². The Morgan fingerprint density at radius 3 is 2.03 bits per heavy atom. The summed E-state index contributed by atoms with van der Waals surface area (Å²) in [5.41, 5.74) is 1.40. The van der Waals surface area contributed by atoms with Crippen LogP contribution in [0.25, 0.3) is 6.08 Å². The lowest BCUT2D eigenvalue weighted by Gasteiger charge is -2.07. The fraction of sp³-hybridized carbons (Fsp3) is 0.429. The Morgan fingerprint density at radius 1 is 0.757 bits per heavy atom. The van der Waals surface area contributed by atoms with Gasteiger partial charge in [-0.05, 0) is 80.2 Å². The van der Waals surface area contributed by atoms with Gasteiger partial charge in [-0.1, -0.05) is 33.4 Å². The van der Waals surface area contributed by atoms with Crippen LogP contribution in [0.15, 0.2) is 42.5 Å². The molecule has 2 amide bonds. The number of hydrogen-bond donors (Lipinski definition) is 7. The van der Waals surface area contributed by atoms with Gasteiger partial charge < -0.3 is 36.4 Å². The van der Waals surface area contributed by atoms with Crippen LogP contribution >= 0.6 is 0 Å². The third kappa shape index (κ3) is 14.4. The molecule has 0 heterocycles. The Kier molecular flexibility index (Phi) is 17.5. The molecule has 0 bridgehead atoms. The monoisotopic (exact) mass is 517 g/mol. The number of phenolic OH excluding ortho intramolecular Hbond substituents is 4. The first-order chi connectivity index (χ1) is 17.3. The van der Waals surface area contributed by atoms with E-state index >= 15 is 0 Å². The van der Waals surface area contributed by atoms with Gasteiger partial charge in [0.1, 0.15) is 0 Å². The summed E-state index contributed by atoms with van der Waals surface area (Å²) in [7, 11) is 0. The molecule has 2 aromatic carbocycles. The van der Waals surface area contributed by atoms with E-state index in [1.807, 2.05) is 13.8 Å². The highest BCUT2D eigenvalue weighted by Gasteiger charge is 2.05. The summed E-state index contributed by atoms with van der Waals surface area (Å²) in [5.74, 6) is -1.07. The molecule has 0 atom stereocenters. The summed E-state index contributed by atoms with van der Waals surface area (Å²) in [6.45, 7) is 6.73. The average Bonchev–Trinajstić information content (AvgIpc) is 2.87. The fourth-order valence-corrected chi connectivity index (χ4v) is 3.10. The molecule has 0 spiro atoms. The maximum Gasteiger partial charge on any atom is 0.243 e. The molecule has 37 heavy (non-hydrogen) atoms. The van der Waals surface area contributed by atoms with Crippen molar-refractivity contribution >= 4 is 17.9 Å². The van der Waals surface area contributed by atoms with Gasteiger partial charge in [-0.2, -0.15) is 0 Å². The molecule has 2 aromatic rings. The van der Waals surface area contributed by atoms with Crippen LogP contribution in [-0.2, 0) is 16.0 Å². The number of carbonyl (C=O) groups excluding carboxylic acids is 2. The zero-order chi connectivity index (χ0) is 26.8. The Bertz CT molecular complexity index is 978. The number of phenols is 4. The molecule has 0 radical (unpaired) electrons. The first-order valence-corrected chi connectivity index (χ1v) is 12.3. The Morgan fingerprint density at radius 2 is 1.35 bits per heavy atom. The molecule has 7 N–H and O–H groups in total. The lowest BCUT2D eigenvalue weighted by atomic mass is 10.1. The smallest absolute Gasteiger partial charge is 0.243 e. The summed E-state index contributed by atoms with van der Waals surface area (Å²) in [4.78, 5) is 23.7. The molecule has 0 fully saturated rings. The number of aromatic hydroxyl groups is 4. The molecule has 2 rings (SSSR count). The van der Waals surface area contributed by atoms with E-state index in [4.69, 9.17) is 0 Å². The zero-order valence-electron chi connectivity index (χ0n) is 21.1. The summed E-state index contributed by atoms with van der Waals surface area (Å²) in [5, 5.41) is 46.4. The van der Waals surface area contributed by atoms with Crippen LogP contribution in [0.2, 0.25) is 0 Å². The van der Waals surface area contributed by atoms with Crippen LogP contribution < -0.4 is 16.0 Å². The molecule has 0 aromatic heterocycles. The minimum absolute atomic E-state index is 0. The van der Waals surface area contributed by atoms with Crippen molar-refractivity contribution in [3.05, 3.63) is 53.6 Å². The highest BCUT2D eigenvalue weighted by atomic mass is 16.3. The van der Waals surface area contributed by atoms with Gasteiger partial charge in [0, 0.05) is 25.6 Å². The van der Waals surface area contributed by atoms with Gasteiger partial charge in [-0.25, -0.2) is 0 Å². The second-order valence-corrected chi connectivity index (χ2v) is 7.86. The van der Waals surface area contributed by atoms with Crippen molar-refractivity contribution in [1.82, 2.24) is 16.0 Å². The summed E-state index contributed by atoms with van der Waals surface area (Å²) >= 11 is 0. The molecule has 0 saturated heterocycles. The molecule has 0 aliphatic heterocycles. The maximum atomic E-state index is 11.9. The Balaban J connectivity index is 0.00000421. The number of aryl methyl sites for hydroxylation is 1. The molecule has 9 heteroatoms. The third-order valence-corrected chi connectivity index (χ3v) is 5.04. The van der Waals surface area contributed by atoms with Crippen LogP contribution in [-0.4, -0.2) is 58.4 Å². The third-order valence-electron chi connectivity index (χ3n) is 5.04. The number of nitrogens with one attached hydrogen (secondary N) is 3. The fourth-order valence-electron chi connectivity index (χ4n) is 3.10. The van der Waals surface area contributed by atoms with Gasteiger partial charge in [0.2, 0.25) is 11.8 Å². The quantitative estimate of drug-likeness (QED) is 0.114. The van der Waals surface area contributed by atoms with Crippen LogP contribution in [0.1, 0.15) is 58.1 Å². The lowest BCUT2D eigenvalue weighted by Crippen LogP contribution is -2.28. The summed E-state index contributed by atoms with van der Waals surface area (Å²) < 4.78 is 0. The maximum absolute atomic E-state index is 11.9. The first-order valence-electron chi connectivity index (χ1n) is 12.3. The van der Waals surface area contributed by atoms with Gasteiger partial charge >= 0.3 is 0 Å². The van der Waals surface area contributed by atoms with Gasteiger partial charge in [0.15, 0.2) is 23.0 Å².